The molecule has 1 N–H and O–H groups in total. The van der Waals surface area contributed by atoms with Gasteiger partial charge < -0.3 is 9.52 Å². The van der Waals surface area contributed by atoms with Crippen molar-refractivity contribution in [3.05, 3.63) is 41.6 Å². The van der Waals surface area contributed by atoms with E-state index in [2.05, 4.69) is 16.2 Å². The summed E-state index contributed by atoms with van der Waals surface area (Å²) in [5, 5.41) is 13.2. The lowest BCUT2D eigenvalue weighted by Crippen LogP contribution is -2.24. The van der Waals surface area contributed by atoms with Gasteiger partial charge in [0, 0.05) is 31.4 Å². The first-order chi connectivity index (χ1) is 9.24. The number of nitrogens with zero attached hydrogens (tertiary/aromatic N) is 3. The van der Waals surface area contributed by atoms with Crippen LogP contribution in [0.4, 0.5) is 0 Å². The largest absolute Gasteiger partial charge is 0.462 e. The Labute approximate surface area is 112 Å². The van der Waals surface area contributed by atoms with Crippen molar-refractivity contribution in [2.24, 2.45) is 7.05 Å². The fourth-order valence-electron chi connectivity index (χ4n) is 2.33. The average molecular weight is 261 g/mol. The van der Waals surface area contributed by atoms with Gasteiger partial charge in [-0.15, -0.1) is 0 Å². The number of rotatable bonds is 6. The topological polar surface area (TPSA) is 54.4 Å². The minimum atomic E-state index is -0.0357. The summed E-state index contributed by atoms with van der Waals surface area (Å²) in [4.78, 5) is 2.41. The molecule has 2 aromatic heterocycles. The molecule has 1 saturated carbocycles. The minimum Gasteiger partial charge on any atom is -0.462 e. The zero-order valence-electron chi connectivity index (χ0n) is 11.1. The van der Waals surface area contributed by atoms with Crippen molar-refractivity contribution < 1.29 is 9.52 Å². The summed E-state index contributed by atoms with van der Waals surface area (Å²) < 4.78 is 7.40. The second-order valence-electron chi connectivity index (χ2n) is 5.18. The van der Waals surface area contributed by atoms with Gasteiger partial charge in [-0.2, -0.15) is 5.10 Å². The number of hydrogen-bond acceptors (Lipinski definition) is 4. The van der Waals surface area contributed by atoms with Gasteiger partial charge >= 0.3 is 0 Å². The van der Waals surface area contributed by atoms with Crippen LogP contribution in [0.5, 0.6) is 0 Å². The van der Waals surface area contributed by atoms with Crippen LogP contribution >= 0.6 is 0 Å². The third kappa shape index (κ3) is 3.05. The van der Waals surface area contributed by atoms with E-state index in [1.807, 2.05) is 30.1 Å². The normalized spacial score (nSPS) is 15.3. The second-order valence-corrected chi connectivity index (χ2v) is 5.18. The van der Waals surface area contributed by atoms with Gasteiger partial charge in [-0.25, -0.2) is 0 Å². The number of aliphatic hydroxyl groups is 1. The molecule has 0 aromatic carbocycles. The Morgan fingerprint density at radius 3 is 2.74 bits per heavy atom. The SMILES string of the molecule is Cn1cc(CN(Cc2ccc(CO)o2)C2CC2)cn1. The van der Waals surface area contributed by atoms with E-state index in [-0.39, 0.29) is 6.61 Å². The number of hydrogen-bond donors (Lipinski definition) is 1. The van der Waals surface area contributed by atoms with Crippen molar-refractivity contribution in [3.63, 3.8) is 0 Å². The van der Waals surface area contributed by atoms with Crippen LogP contribution in [0.15, 0.2) is 28.9 Å². The molecule has 0 atom stereocenters. The lowest BCUT2D eigenvalue weighted by molar-refractivity contribution is 0.208. The summed E-state index contributed by atoms with van der Waals surface area (Å²) in [6.45, 7) is 1.65. The average Bonchev–Trinajstić information content (AvgIpc) is 3.03. The molecule has 0 spiro atoms. The lowest BCUT2D eigenvalue weighted by Gasteiger charge is -2.19. The molecule has 102 valence electrons. The van der Waals surface area contributed by atoms with E-state index in [0.717, 1.165) is 18.8 Å². The maximum absolute atomic E-state index is 9.03. The first kappa shape index (κ1) is 12.4. The van der Waals surface area contributed by atoms with Crippen LogP contribution in [0.1, 0.15) is 29.9 Å². The van der Waals surface area contributed by atoms with Crippen molar-refractivity contribution >= 4 is 0 Å². The molecule has 2 heterocycles. The molecule has 1 aliphatic carbocycles. The van der Waals surface area contributed by atoms with E-state index in [0.29, 0.717) is 11.8 Å². The van der Waals surface area contributed by atoms with E-state index in [9.17, 15) is 0 Å². The molecule has 3 rings (SSSR count). The molecule has 5 heteroatoms. The van der Waals surface area contributed by atoms with Crippen LogP contribution in [-0.2, 0) is 26.7 Å². The fourth-order valence-corrected chi connectivity index (χ4v) is 2.33. The van der Waals surface area contributed by atoms with Crippen molar-refractivity contribution in [2.75, 3.05) is 0 Å². The van der Waals surface area contributed by atoms with Gasteiger partial charge in [0.2, 0.25) is 0 Å². The van der Waals surface area contributed by atoms with Crippen molar-refractivity contribution in [2.45, 2.75) is 38.6 Å². The zero-order chi connectivity index (χ0) is 13.2. The van der Waals surface area contributed by atoms with Crippen LogP contribution in [0, 0.1) is 0 Å². The van der Waals surface area contributed by atoms with E-state index >= 15 is 0 Å². The molecule has 0 bridgehead atoms. The van der Waals surface area contributed by atoms with Gasteiger partial charge in [-0.05, 0) is 25.0 Å². The molecular weight excluding hydrogens is 242 g/mol. The summed E-state index contributed by atoms with van der Waals surface area (Å²) >= 11 is 0. The maximum atomic E-state index is 9.03. The van der Waals surface area contributed by atoms with Crippen LogP contribution in [-0.4, -0.2) is 25.8 Å². The Balaban J connectivity index is 1.67. The Bertz CT molecular complexity index is 542. The monoisotopic (exact) mass is 261 g/mol. The first-order valence-corrected chi connectivity index (χ1v) is 6.64. The molecule has 19 heavy (non-hydrogen) atoms. The predicted molar refractivity (Wildman–Crippen MR) is 70.1 cm³/mol. The molecule has 5 nitrogen and oxygen atoms in total. The van der Waals surface area contributed by atoms with Crippen molar-refractivity contribution in [3.8, 4) is 0 Å². The maximum Gasteiger partial charge on any atom is 0.129 e. The van der Waals surface area contributed by atoms with Crippen LogP contribution in [0.3, 0.4) is 0 Å². The number of aryl methyl sites for hydroxylation is 1. The molecule has 0 saturated heterocycles. The molecule has 0 radical (unpaired) electrons. The molecule has 1 aliphatic rings. The summed E-state index contributed by atoms with van der Waals surface area (Å²) in [6, 6.07) is 4.44. The Hall–Kier alpha value is -1.59. The van der Waals surface area contributed by atoms with Gasteiger partial charge in [0.15, 0.2) is 0 Å². The molecular formula is C14H19N3O2. The highest BCUT2D eigenvalue weighted by Gasteiger charge is 2.29. The molecule has 1 fully saturated rings. The highest BCUT2D eigenvalue weighted by atomic mass is 16.4. The molecule has 0 amide bonds. The van der Waals surface area contributed by atoms with Crippen LogP contribution in [0.2, 0.25) is 0 Å². The fraction of sp³-hybridized carbons (Fsp3) is 0.500. The number of aliphatic hydroxyl groups excluding tert-OH is 1. The predicted octanol–water partition coefficient (Wildman–Crippen LogP) is 1.67. The van der Waals surface area contributed by atoms with Crippen molar-refractivity contribution in [1.82, 2.24) is 14.7 Å². The Kier molecular flexibility index (Phi) is 3.40. The smallest absolute Gasteiger partial charge is 0.129 e. The van der Waals surface area contributed by atoms with E-state index in [1.54, 1.807) is 0 Å². The molecule has 2 aromatic rings. The summed E-state index contributed by atoms with van der Waals surface area (Å²) in [6.07, 6.45) is 6.48. The summed E-state index contributed by atoms with van der Waals surface area (Å²) in [5.74, 6) is 1.55. The van der Waals surface area contributed by atoms with E-state index in [1.165, 1.54) is 18.4 Å². The third-order valence-electron chi connectivity index (χ3n) is 3.44. The number of furan rings is 1. The minimum absolute atomic E-state index is 0.0357. The summed E-state index contributed by atoms with van der Waals surface area (Å²) in [7, 11) is 1.94. The third-order valence-corrected chi connectivity index (χ3v) is 3.44. The summed E-state index contributed by atoms with van der Waals surface area (Å²) in [5.41, 5.74) is 1.23. The Morgan fingerprint density at radius 2 is 2.16 bits per heavy atom. The highest BCUT2D eigenvalue weighted by molar-refractivity contribution is 5.09. The van der Waals surface area contributed by atoms with Crippen LogP contribution < -0.4 is 0 Å². The van der Waals surface area contributed by atoms with Gasteiger partial charge in [0.25, 0.3) is 0 Å². The zero-order valence-corrected chi connectivity index (χ0v) is 11.1. The second kappa shape index (κ2) is 5.19. The highest BCUT2D eigenvalue weighted by Crippen LogP contribution is 2.30. The van der Waals surface area contributed by atoms with Gasteiger partial charge in [0.05, 0.1) is 12.7 Å². The molecule has 0 unspecified atom stereocenters. The first-order valence-electron chi connectivity index (χ1n) is 6.64. The van der Waals surface area contributed by atoms with Gasteiger partial charge in [-0.3, -0.25) is 9.58 Å². The number of aromatic nitrogens is 2. The van der Waals surface area contributed by atoms with E-state index in [4.69, 9.17) is 9.52 Å². The van der Waals surface area contributed by atoms with Gasteiger partial charge in [-0.1, -0.05) is 0 Å². The molecule has 0 aliphatic heterocycles. The van der Waals surface area contributed by atoms with Gasteiger partial charge in [0.1, 0.15) is 18.1 Å². The Morgan fingerprint density at radius 1 is 1.37 bits per heavy atom. The standard InChI is InChI=1S/C14H19N3O2/c1-16-7-11(6-15-16)8-17(12-2-3-12)9-13-4-5-14(10-18)19-13/h4-7,12,18H,2-3,8-10H2,1H3. The quantitative estimate of drug-likeness (QED) is 0.859. The van der Waals surface area contributed by atoms with E-state index < -0.39 is 0 Å². The van der Waals surface area contributed by atoms with Crippen LogP contribution in [0.25, 0.3) is 0 Å². The van der Waals surface area contributed by atoms with Crippen molar-refractivity contribution in [1.29, 1.82) is 0 Å². The lowest BCUT2D eigenvalue weighted by atomic mass is 10.3.